The van der Waals surface area contributed by atoms with E-state index in [4.69, 9.17) is 11.6 Å². The lowest BCUT2D eigenvalue weighted by atomic mass is 10.3. The molecule has 0 bridgehead atoms. The highest BCUT2D eigenvalue weighted by molar-refractivity contribution is 6.32. The van der Waals surface area contributed by atoms with E-state index in [0.717, 1.165) is 4.90 Å². The molecular formula is C10H6ClNO2. The predicted molar refractivity (Wildman–Crippen MR) is 53.1 cm³/mol. The van der Waals surface area contributed by atoms with Crippen LogP contribution in [0.3, 0.4) is 0 Å². The number of amides is 2. The van der Waals surface area contributed by atoms with Crippen molar-refractivity contribution in [2.75, 3.05) is 4.90 Å². The summed E-state index contributed by atoms with van der Waals surface area (Å²) in [6.07, 6.45) is 2.48. The third-order valence-corrected chi connectivity index (χ3v) is 2.11. The summed E-state index contributed by atoms with van der Waals surface area (Å²) in [5.41, 5.74) is 0.498. The molecule has 1 aliphatic heterocycles. The maximum absolute atomic E-state index is 11.3. The summed E-state index contributed by atoms with van der Waals surface area (Å²) in [6, 6.07) is 6.61. The Labute approximate surface area is 85.6 Å². The summed E-state index contributed by atoms with van der Waals surface area (Å²) in [5.74, 6) is -0.672. The van der Waals surface area contributed by atoms with Gasteiger partial charge in [-0.05, 0) is 18.2 Å². The molecule has 0 aromatic heterocycles. The Kier molecular flexibility index (Phi) is 2.09. The van der Waals surface area contributed by atoms with Gasteiger partial charge in [-0.25, -0.2) is 4.90 Å². The van der Waals surface area contributed by atoms with Gasteiger partial charge in [0.05, 0.1) is 5.69 Å². The van der Waals surface area contributed by atoms with Crippen LogP contribution < -0.4 is 4.90 Å². The van der Waals surface area contributed by atoms with Crippen molar-refractivity contribution in [1.82, 2.24) is 0 Å². The molecule has 0 saturated heterocycles. The average molecular weight is 208 g/mol. The van der Waals surface area contributed by atoms with E-state index in [0.29, 0.717) is 10.7 Å². The first-order valence-electron chi connectivity index (χ1n) is 4.00. The van der Waals surface area contributed by atoms with Crippen molar-refractivity contribution < 1.29 is 9.59 Å². The molecule has 0 spiro atoms. The monoisotopic (exact) mass is 207 g/mol. The number of rotatable bonds is 1. The Morgan fingerprint density at radius 2 is 1.71 bits per heavy atom. The van der Waals surface area contributed by atoms with Gasteiger partial charge in [0.2, 0.25) is 0 Å². The van der Waals surface area contributed by atoms with Gasteiger partial charge in [0.15, 0.2) is 0 Å². The quantitative estimate of drug-likeness (QED) is 0.659. The van der Waals surface area contributed by atoms with E-state index in [9.17, 15) is 9.59 Å². The Balaban J connectivity index is 2.41. The number of benzene rings is 1. The Bertz CT molecular complexity index is 422. The standard InChI is InChI=1S/C10H6ClNO2/c11-7-2-1-3-8(6-7)12-9(13)4-5-10(12)14/h1-6H. The Morgan fingerprint density at radius 1 is 1.07 bits per heavy atom. The first-order valence-corrected chi connectivity index (χ1v) is 4.38. The van der Waals surface area contributed by atoms with Gasteiger partial charge in [0.25, 0.3) is 11.8 Å². The lowest BCUT2D eigenvalue weighted by Gasteiger charge is -2.13. The van der Waals surface area contributed by atoms with Gasteiger partial charge in [-0.3, -0.25) is 9.59 Å². The number of anilines is 1. The summed E-state index contributed by atoms with van der Waals surface area (Å²) < 4.78 is 0. The second-order valence-electron chi connectivity index (χ2n) is 2.83. The number of imide groups is 1. The summed E-state index contributed by atoms with van der Waals surface area (Å²) in [4.78, 5) is 23.6. The smallest absolute Gasteiger partial charge is 0.258 e. The molecule has 0 N–H and O–H groups in total. The van der Waals surface area contributed by atoms with Crippen molar-refractivity contribution in [2.24, 2.45) is 0 Å². The fourth-order valence-corrected chi connectivity index (χ4v) is 1.45. The van der Waals surface area contributed by atoms with Gasteiger partial charge in [-0.2, -0.15) is 0 Å². The van der Waals surface area contributed by atoms with E-state index in [1.54, 1.807) is 24.3 Å². The summed E-state index contributed by atoms with van der Waals surface area (Å²) in [5, 5.41) is 0.495. The molecule has 0 saturated carbocycles. The van der Waals surface area contributed by atoms with Crippen LogP contribution in [0.15, 0.2) is 36.4 Å². The number of carbonyl (C=O) groups is 2. The van der Waals surface area contributed by atoms with Crippen LogP contribution in [0.2, 0.25) is 5.02 Å². The molecule has 4 heteroatoms. The van der Waals surface area contributed by atoms with Gasteiger partial charge >= 0.3 is 0 Å². The molecule has 14 heavy (non-hydrogen) atoms. The third-order valence-electron chi connectivity index (χ3n) is 1.88. The largest absolute Gasteiger partial charge is 0.269 e. The fraction of sp³-hybridized carbons (Fsp3) is 0. The zero-order valence-corrected chi connectivity index (χ0v) is 7.86. The summed E-state index contributed by atoms with van der Waals surface area (Å²) in [7, 11) is 0. The van der Waals surface area contributed by atoms with Crippen molar-refractivity contribution in [2.45, 2.75) is 0 Å². The lowest BCUT2D eigenvalue weighted by molar-refractivity contribution is -0.119. The van der Waals surface area contributed by atoms with Crippen LogP contribution in [0.5, 0.6) is 0 Å². The molecule has 1 aromatic rings. The minimum atomic E-state index is -0.336. The highest BCUT2D eigenvalue weighted by Gasteiger charge is 2.24. The Morgan fingerprint density at radius 3 is 2.29 bits per heavy atom. The van der Waals surface area contributed by atoms with E-state index in [2.05, 4.69) is 0 Å². The van der Waals surface area contributed by atoms with E-state index < -0.39 is 0 Å². The molecule has 1 aromatic carbocycles. The number of nitrogens with zero attached hydrogens (tertiary/aromatic N) is 1. The van der Waals surface area contributed by atoms with Gasteiger partial charge in [-0.1, -0.05) is 17.7 Å². The molecule has 0 atom stereocenters. The van der Waals surface area contributed by atoms with Crippen LogP contribution in [0.4, 0.5) is 5.69 Å². The molecular weight excluding hydrogens is 202 g/mol. The maximum atomic E-state index is 11.3. The van der Waals surface area contributed by atoms with Crippen LogP contribution in [-0.2, 0) is 9.59 Å². The molecule has 0 radical (unpaired) electrons. The number of carbonyl (C=O) groups excluding carboxylic acids is 2. The van der Waals surface area contributed by atoms with Gasteiger partial charge < -0.3 is 0 Å². The highest BCUT2D eigenvalue weighted by atomic mass is 35.5. The zero-order chi connectivity index (χ0) is 10.1. The molecule has 0 fully saturated rings. The molecule has 70 valence electrons. The van der Waals surface area contributed by atoms with Crippen LogP contribution in [0.25, 0.3) is 0 Å². The predicted octanol–water partition coefficient (Wildman–Crippen LogP) is 1.77. The number of halogens is 1. The average Bonchev–Trinajstić information content (AvgIpc) is 2.46. The number of hydrogen-bond donors (Lipinski definition) is 0. The normalized spacial score (nSPS) is 15.4. The van der Waals surface area contributed by atoms with Crippen molar-refractivity contribution in [3.05, 3.63) is 41.4 Å². The van der Waals surface area contributed by atoms with E-state index in [1.165, 1.54) is 12.2 Å². The highest BCUT2D eigenvalue weighted by Crippen LogP contribution is 2.22. The third kappa shape index (κ3) is 1.42. The second-order valence-corrected chi connectivity index (χ2v) is 3.26. The molecule has 2 rings (SSSR count). The summed E-state index contributed by atoms with van der Waals surface area (Å²) in [6.45, 7) is 0. The summed E-state index contributed by atoms with van der Waals surface area (Å²) >= 11 is 5.75. The van der Waals surface area contributed by atoms with Gasteiger partial charge in [0, 0.05) is 17.2 Å². The second kappa shape index (κ2) is 3.27. The van der Waals surface area contributed by atoms with E-state index >= 15 is 0 Å². The molecule has 1 aliphatic rings. The van der Waals surface area contributed by atoms with Gasteiger partial charge in [0.1, 0.15) is 0 Å². The van der Waals surface area contributed by atoms with Crippen LogP contribution in [-0.4, -0.2) is 11.8 Å². The van der Waals surface area contributed by atoms with Crippen molar-refractivity contribution in [1.29, 1.82) is 0 Å². The SMILES string of the molecule is O=C1C=CC(=O)N1c1cccc(Cl)c1. The Hall–Kier alpha value is -1.61. The molecule has 1 heterocycles. The minimum absolute atomic E-state index is 0.336. The molecule has 0 aliphatic carbocycles. The molecule has 3 nitrogen and oxygen atoms in total. The van der Waals surface area contributed by atoms with E-state index in [1.807, 2.05) is 0 Å². The number of hydrogen-bond acceptors (Lipinski definition) is 2. The van der Waals surface area contributed by atoms with Crippen molar-refractivity contribution in [3.8, 4) is 0 Å². The lowest BCUT2D eigenvalue weighted by Crippen LogP contribution is -2.29. The van der Waals surface area contributed by atoms with E-state index in [-0.39, 0.29) is 11.8 Å². The van der Waals surface area contributed by atoms with Crippen molar-refractivity contribution in [3.63, 3.8) is 0 Å². The zero-order valence-electron chi connectivity index (χ0n) is 7.11. The molecule has 0 unspecified atom stereocenters. The van der Waals surface area contributed by atoms with Crippen molar-refractivity contribution >= 4 is 29.1 Å². The van der Waals surface area contributed by atoms with Crippen LogP contribution in [0.1, 0.15) is 0 Å². The van der Waals surface area contributed by atoms with Crippen LogP contribution >= 0.6 is 11.6 Å². The fourth-order valence-electron chi connectivity index (χ4n) is 1.27. The topological polar surface area (TPSA) is 37.4 Å². The van der Waals surface area contributed by atoms with Crippen LogP contribution in [0, 0.1) is 0 Å². The minimum Gasteiger partial charge on any atom is -0.269 e. The maximum Gasteiger partial charge on any atom is 0.258 e. The molecule has 2 amide bonds. The van der Waals surface area contributed by atoms with Gasteiger partial charge in [-0.15, -0.1) is 0 Å². The first kappa shape index (κ1) is 8.97. The first-order chi connectivity index (χ1) is 6.68.